The van der Waals surface area contributed by atoms with Gasteiger partial charge < -0.3 is 19.5 Å². The maximum atomic E-state index is 11.2. The van der Waals surface area contributed by atoms with Crippen LogP contribution in [0.2, 0.25) is 0 Å². The summed E-state index contributed by atoms with van der Waals surface area (Å²) in [7, 11) is 0. The maximum absolute atomic E-state index is 11.2. The van der Waals surface area contributed by atoms with Gasteiger partial charge in [0.2, 0.25) is 5.91 Å². The SMILES string of the molecule is C/C=C\COCC(=O)NCCOCCOCC. The van der Waals surface area contributed by atoms with Gasteiger partial charge in [0.25, 0.3) is 0 Å². The first kappa shape index (κ1) is 16.1. The fourth-order valence-corrected chi connectivity index (χ4v) is 0.994. The lowest BCUT2D eigenvalue weighted by molar-refractivity contribution is -0.125. The standard InChI is InChI=1S/C12H23NO4/c1-3-5-7-17-11-12(14)13-6-8-16-10-9-15-4-2/h3,5H,4,6-11H2,1-2H3,(H,13,14)/b5-3-. The van der Waals surface area contributed by atoms with Crippen molar-refractivity contribution < 1.29 is 19.0 Å². The van der Waals surface area contributed by atoms with Crippen LogP contribution in [-0.4, -0.2) is 52.1 Å². The van der Waals surface area contributed by atoms with Crippen molar-refractivity contribution in [2.75, 3.05) is 46.2 Å². The molecule has 0 bridgehead atoms. The maximum Gasteiger partial charge on any atom is 0.246 e. The zero-order valence-electron chi connectivity index (χ0n) is 10.7. The van der Waals surface area contributed by atoms with Gasteiger partial charge in [0.1, 0.15) is 6.61 Å². The second kappa shape index (κ2) is 13.2. The third-order valence-electron chi connectivity index (χ3n) is 1.83. The molecule has 0 saturated heterocycles. The number of ether oxygens (including phenoxy) is 3. The van der Waals surface area contributed by atoms with Gasteiger partial charge in [-0.25, -0.2) is 0 Å². The molecule has 0 aliphatic carbocycles. The third-order valence-corrected chi connectivity index (χ3v) is 1.83. The summed E-state index contributed by atoms with van der Waals surface area (Å²) in [6.07, 6.45) is 3.73. The van der Waals surface area contributed by atoms with E-state index >= 15 is 0 Å². The Bertz CT molecular complexity index is 207. The van der Waals surface area contributed by atoms with Crippen LogP contribution in [0.15, 0.2) is 12.2 Å². The van der Waals surface area contributed by atoms with Gasteiger partial charge in [-0.05, 0) is 13.8 Å². The van der Waals surface area contributed by atoms with Crippen LogP contribution in [0.1, 0.15) is 13.8 Å². The summed E-state index contributed by atoms with van der Waals surface area (Å²) in [5, 5.41) is 2.70. The van der Waals surface area contributed by atoms with Gasteiger partial charge >= 0.3 is 0 Å². The number of hydrogen-bond acceptors (Lipinski definition) is 4. The normalized spacial score (nSPS) is 10.9. The smallest absolute Gasteiger partial charge is 0.246 e. The molecule has 0 aromatic heterocycles. The Morgan fingerprint density at radius 1 is 1.18 bits per heavy atom. The Balaban J connectivity index is 3.16. The van der Waals surface area contributed by atoms with Crippen LogP contribution in [0.4, 0.5) is 0 Å². The van der Waals surface area contributed by atoms with Crippen LogP contribution in [-0.2, 0) is 19.0 Å². The second-order valence-corrected chi connectivity index (χ2v) is 3.24. The van der Waals surface area contributed by atoms with E-state index in [0.717, 1.165) is 0 Å². The summed E-state index contributed by atoms with van der Waals surface area (Å²) >= 11 is 0. The molecule has 0 aromatic rings. The van der Waals surface area contributed by atoms with Crippen LogP contribution >= 0.6 is 0 Å². The Morgan fingerprint density at radius 2 is 1.94 bits per heavy atom. The third kappa shape index (κ3) is 13.0. The van der Waals surface area contributed by atoms with Crippen molar-refractivity contribution in [2.45, 2.75) is 13.8 Å². The molecule has 100 valence electrons. The van der Waals surface area contributed by atoms with Gasteiger partial charge in [-0.1, -0.05) is 12.2 Å². The summed E-state index contributed by atoms with van der Waals surface area (Å²) in [5.74, 6) is -0.122. The average molecular weight is 245 g/mol. The molecule has 17 heavy (non-hydrogen) atoms. The zero-order chi connectivity index (χ0) is 12.8. The van der Waals surface area contributed by atoms with E-state index < -0.39 is 0 Å². The fraction of sp³-hybridized carbons (Fsp3) is 0.750. The highest BCUT2D eigenvalue weighted by molar-refractivity contribution is 5.77. The largest absolute Gasteiger partial charge is 0.379 e. The molecule has 5 heteroatoms. The molecule has 0 aliphatic rings. The van der Waals surface area contributed by atoms with E-state index in [1.54, 1.807) is 0 Å². The van der Waals surface area contributed by atoms with Gasteiger partial charge in [0.15, 0.2) is 0 Å². The predicted molar refractivity (Wildman–Crippen MR) is 66.0 cm³/mol. The zero-order valence-corrected chi connectivity index (χ0v) is 10.7. The van der Waals surface area contributed by atoms with Gasteiger partial charge in [0, 0.05) is 13.2 Å². The minimum Gasteiger partial charge on any atom is -0.379 e. The van der Waals surface area contributed by atoms with Crippen LogP contribution in [0.5, 0.6) is 0 Å². The molecule has 1 amide bonds. The van der Waals surface area contributed by atoms with Crippen molar-refractivity contribution in [3.8, 4) is 0 Å². The lowest BCUT2D eigenvalue weighted by atomic mass is 10.5. The summed E-state index contributed by atoms with van der Waals surface area (Å²) in [5.41, 5.74) is 0. The van der Waals surface area contributed by atoms with E-state index in [2.05, 4.69) is 5.32 Å². The fourth-order valence-electron chi connectivity index (χ4n) is 0.994. The molecule has 0 aromatic carbocycles. The first-order valence-electron chi connectivity index (χ1n) is 5.92. The minimum atomic E-state index is -0.122. The topological polar surface area (TPSA) is 56.8 Å². The monoisotopic (exact) mass is 245 g/mol. The van der Waals surface area contributed by atoms with E-state index in [4.69, 9.17) is 14.2 Å². The van der Waals surface area contributed by atoms with E-state index in [9.17, 15) is 4.79 Å². The van der Waals surface area contributed by atoms with Gasteiger partial charge in [-0.15, -0.1) is 0 Å². The quantitative estimate of drug-likeness (QED) is 0.431. The van der Waals surface area contributed by atoms with E-state index in [1.165, 1.54) is 0 Å². The summed E-state index contributed by atoms with van der Waals surface area (Å²) in [6, 6.07) is 0. The Morgan fingerprint density at radius 3 is 2.65 bits per heavy atom. The predicted octanol–water partition coefficient (Wildman–Crippen LogP) is 0.748. The first-order chi connectivity index (χ1) is 8.31. The lowest BCUT2D eigenvalue weighted by Gasteiger charge is -2.06. The summed E-state index contributed by atoms with van der Waals surface area (Å²) in [4.78, 5) is 11.2. The van der Waals surface area contributed by atoms with Crippen molar-refractivity contribution in [1.29, 1.82) is 0 Å². The van der Waals surface area contributed by atoms with Crippen LogP contribution < -0.4 is 5.32 Å². The highest BCUT2D eigenvalue weighted by Gasteiger charge is 1.99. The van der Waals surface area contributed by atoms with E-state index in [-0.39, 0.29) is 12.5 Å². The lowest BCUT2D eigenvalue weighted by Crippen LogP contribution is -2.30. The molecule has 0 fully saturated rings. The summed E-state index contributed by atoms with van der Waals surface area (Å²) < 4.78 is 15.4. The van der Waals surface area contributed by atoms with Crippen LogP contribution in [0, 0.1) is 0 Å². The van der Waals surface area contributed by atoms with Gasteiger partial charge in [-0.3, -0.25) is 4.79 Å². The summed E-state index contributed by atoms with van der Waals surface area (Å²) in [6.45, 7) is 7.24. The molecule has 0 atom stereocenters. The molecular weight excluding hydrogens is 222 g/mol. The number of carbonyl (C=O) groups is 1. The van der Waals surface area contributed by atoms with Crippen molar-refractivity contribution >= 4 is 5.91 Å². The van der Waals surface area contributed by atoms with Crippen LogP contribution in [0.3, 0.4) is 0 Å². The van der Waals surface area contributed by atoms with Crippen molar-refractivity contribution in [3.05, 3.63) is 12.2 Å². The molecule has 0 spiro atoms. The Hall–Kier alpha value is -0.910. The second-order valence-electron chi connectivity index (χ2n) is 3.24. The molecule has 0 heterocycles. The van der Waals surface area contributed by atoms with Crippen molar-refractivity contribution in [2.24, 2.45) is 0 Å². The number of amides is 1. The molecule has 0 aliphatic heterocycles. The van der Waals surface area contributed by atoms with E-state index in [1.807, 2.05) is 26.0 Å². The molecule has 0 rings (SSSR count). The number of hydrogen-bond donors (Lipinski definition) is 1. The van der Waals surface area contributed by atoms with E-state index in [0.29, 0.717) is 39.6 Å². The highest BCUT2D eigenvalue weighted by Crippen LogP contribution is 1.80. The average Bonchev–Trinajstić information content (AvgIpc) is 2.33. The molecular formula is C12H23NO4. The molecule has 0 unspecified atom stereocenters. The number of carbonyl (C=O) groups excluding carboxylic acids is 1. The van der Waals surface area contributed by atoms with Crippen molar-refractivity contribution in [3.63, 3.8) is 0 Å². The number of allylic oxidation sites excluding steroid dienone is 1. The van der Waals surface area contributed by atoms with Gasteiger partial charge in [-0.2, -0.15) is 0 Å². The highest BCUT2D eigenvalue weighted by atomic mass is 16.5. The first-order valence-corrected chi connectivity index (χ1v) is 5.92. The number of nitrogens with one attached hydrogen (secondary N) is 1. The van der Waals surface area contributed by atoms with Crippen molar-refractivity contribution in [1.82, 2.24) is 5.32 Å². The molecule has 1 N–H and O–H groups in total. The van der Waals surface area contributed by atoms with Gasteiger partial charge in [0.05, 0.1) is 26.4 Å². The Kier molecular flexibility index (Phi) is 12.5. The van der Waals surface area contributed by atoms with Crippen LogP contribution in [0.25, 0.3) is 0 Å². The molecule has 0 saturated carbocycles. The minimum absolute atomic E-state index is 0.0866. The Labute approximate surface area is 103 Å². The molecule has 0 radical (unpaired) electrons. The molecule has 5 nitrogen and oxygen atoms in total. The number of rotatable bonds is 11.